The number of benzene rings is 2. The van der Waals surface area contributed by atoms with Crippen LogP contribution >= 0.6 is 0 Å². The number of hydrogen-bond donors (Lipinski definition) is 1. The van der Waals surface area contributed by atoms with Gasteiger partial charge in [-0.2, -0.15) is 0 Å². The second-order valence-electron chi connectivity index (χ2n) is 7.71. The summed E-state index contributed by atoms with van der Waals surface area (Å²) in [4.78, 5) is 31.6. The summed E-state index contributed by atoms with van der Waals surface area (Å²) in [5.74, 6) is -0.423. The van der Waals surface area contributed by atoms with Gasteiger partial charge < -0.3 is 10.2 Å². The molecule has 0 atom stereocenters. The molecule has 2 aromatic heterocycles. The Morgan fingerprint density at radius 1 is 0.968 bits per heavy atom. The summed E-state index contributed by atoms with van der Waals surface area (Å²) in [5, 5.41) is 2.82. The molecular weight excluding hydrogens is 388 g/mol. The van der Waals surface area contributed by atoms with Crippen molar-refractivity contribution in [1.82, 2.24) is 14.7 Å². The summed E-state index contributed by atoms with van der Waals surface area (Å²) in [7, 11) is 0. The van der Waals surface area contributed by atoms with Gasteiger partial charge in [0.15, 0.2) is 0 Å². The molecule has 31 heavy (non-hydrogen) atoms. The number of rotatable bonds is 5. The number of carbonyl (C=O) groups is 1. The van der Waals surface area contributed by atoms with E-state index in [1.165, 1.54) is 27.4 Å². The minimum atomic E-state index is -0.423. The summed E-state index contributed by atoms with van der Waals surface area (Å²) < 4.78 is 1.38. The maximum Gasteiger partial charge on any atom is 0.270 e. The van der Waals surface area contributed by atoms with Crippen molar-refractivity contribution in [2.24, 2.45) is 0 Å². The molecule has 0 aliphatic carbocycles. The number of nitrogens with one attached hydrogen (secondary N) is 1. The monoisotopic (exact) mass is 410 g/mol. The lowest BCUT2D eigenvalue weighted by Crippen LogP contribution is -2.31. The van der Waals surface area contributed by atoms with Crippen LogP contribution in [0.5, 0.6) is 0 Å². The first-order chi connectivity index (χ1) is 15.2. The van der Waals surface area contributed by atoms with Gasteiger partial charge in [0.2, 0.25) is 0 Å². The average molecular weight is 410 g/mol. The molecular formula is C25H22N4O2. The van der Waals surface area contributed by atoms with Gasteiger partial charge >= 0.3 is 0 Å². The fraction of sp³-hybridized carbons (Fsp3) is 0.160. The van der Waals surface area contributed by atoms with Crippen LogP contribution < -0.4 is 15.8 Å². The summed E-state index contributed by atoms with van der Waals surface area (Å²) in [6.45, 7) is 2.25. The molecule has 0 bridgehead atoms. The SMILES string of the molecule is O=C(NCc1ccc(CN2CCc3ccccc32)cc1)c1cnc2ccccn2c1=O. The normalized spacial score (nSPS) is 12.7. The van der Waals surface area contributed by atoms with Crippen LogP contribution in [0.25, 0.3) is 5.65 Å². The zero-order valence-corrected chi connectivity index (χ0v) is 17.0. The second kappa shape index (κ2) is 8.07. The molecule has 0 saturated heterocycles. The fourth-order valence-corrected chi connectivity index (χ4v) is 4.01. The number of fused-ring (bicyclic) bond motifs is 2. The topological polar surface area (TPSA) is 66.7 Å². The van der Waals surface area contributed by atoms with Crippen molar-refractivity contribution in [3.8, 4) is 0 Å². The fourth-order valence-electron chi connectivity index (χ4n) is 4.01. The highest BCUT2D eigenvalue weighted by Crippen LogP contribution is 2.28. The van der Waals surface area contributed by atoms with Crippen LogP contribution in [0.2, 0.25) is 0 Å². The molecule has 1 amide bonds. The minimum Gasteiger partial charge on any atom is -0.367 e. The van der Waals surface area contributed by atoms with E-state index >= 15 is 0 Å². The Kier molecular flexibility index (Phi) is 4.96. The predicted octanol–water partition coefficient (Wildman–Crippen LogP) is 3.19. The Morgan fingerprint density at radius 3 is 2.61 bits per heavy atom. The van der Waals surface area contributed by atoms with Gasteiger partial charge in [-0.3, -0.25) is 14.0 Å². The Balaban J connectivity index is 1.23. The van der Waals surface area contributed by atoms with E-state index in [0.717, 1.165) is 25.1 Å². The van der Waals surface area contributed by atoms with Crippen LogP contribution in [0.15, 0.2) is 83.9 Å². The van der Waals surface area contributed by atoms with Gasteiger partial charge in [-0.05, 0) is 41.3 Å². The number of aromatic nitrogens is 2. The lowest BCUT2D eigenvalue weighted by atomic mass is 10.1. The molecule has 0 spiro atoms. The molecule has 3 heterocycles. The van der Waals surface area contributed by atoms with E-state index in [1.54, 1.807) is 24.4 Å². The molecule has 1 aliphatic heterocycles. The highest BCUT2D eigenvalue weighted by atomic mass is 16.2. The van der Waals surface area contributed by atoms with Gasteiger partial charge in [0, 0.05) is 37.7 Å². The molecule has 4 aromatic rings. The first-order valence-electron chi connectivity index (χ1n) is 10.3. The zero-order chi connectivity index (χ0) is 21.2. The third-order valence-electron chi connectivity index (χ3n) is 5.69. The molecule has 0 unspecified atom stereocenters. The molecule has 154 valence electrons. The Hall–Kier alpha value is -3.93. The van der Waals surface area contributed by atoms with Crippen LogP contribution in [-0.4, -0.2) is 21.8 Å². The van der Waals surface area contributed by atoms with Crippen molar-refractivity contribution in [2.45, 2.75) is 19.5 Å². The minimum absolute atomic E-state index is 0.0352. The van der Waals surface area contributed by atoms with Crippen molar-refractivity contribution in [1.29, 1.82) is 0 Å². The number of carbonyl (C=O) groups excluding carboxylic acids is 1. The van der Waals surface area contributed by atoms with Gasteiger partial charge in [-0.25, -0.2) is 4.98 Å². The predicted molar refractivity (Wildman–Crippen MR) is 120 cm³/mol. The lowest BCUT2D eigenvalue weighted by Gasteiger charge is -2.19. The number of pyridine rings is 1. The van der Waals surface area contributed by atoms with Gasteiger partial charge in [-0.15, -0.1) is 0 Å². The lowest BCUT2D eigenvalue weighted by molar-refractivity contribution is 0.0949. The van der Waals surface area contributed by atoms with Gasteiger partial charge in [0.25, 0.3) is 11.5 Å². The van der Waals surface area contributed by atoms with E-state index in [4.69, 9.17) is 0 Å². The van der Waals surface area contributed by atoms with E-state index in [1.807, 2.05) is 12.1 Å². The maximum atomic E-state index is 12.5. The van der Waals surface area contributed by atoms with Crippen molar-refractivity contribution < 1.29 is 4.79 Å². The van der Waals surface area contributed by atoms with Crippen molar-refractivity contribution in [3.63, 3.8) is 0 Å². The van der Waals surface area contributed by atoms with Crippen LogP contribution in [0.1, 0.15) is 27.0 Å². The van der Waals surface area contributed by atoms with Crippen molar-refractivity contribution in [2.75, 3.05) is 11.4 Å². The Labute approximate surface area is 179 Å². The number of nitrogens with zero attached hydrogens (tertiary/aromatic N) is 3. The molecule has 6 nitrogen and oxygen atoms in total. The highest BCUT2D eigenvalue weighted by molar-refractivity contribution is 5.93. The molecule has 0 saturated carbocycles. The van der Waals surface area contributed by atoms with Crippen molar-refractivity contribution in [3.05, 3.63) is 112 Å². The molecule has 0 fully saturated rings. The largest absolute Gasteiger partial charge is 0.367 e. The summed E-state index contributed by atoms with van der Waals surface area (Å²) in [6, 6.07) is 22.0. The van der Waals surface area contributed by atoms with E-state index in [9.17, 15) is 9.59 Å². The third-order valence-corrected chi connectivity index (χ3v) is 5.69. The van der Waals surface area contributed by atoms with Gasteiger partial charge in [0.05, 0.1) is 0 Å². The van der Waals surface area contributed by atoms with Crippen molar-refractivity contribution >= 4 is 17.2 Å². The van der Waals surface area contributed by atoms with E-state index < -0.39 is 5.91 Å². The zero-order valence-electron chi connectivity index (χ0n) is 17.0. The van der Waals surface area contributed by atoms with Crippen LogP contribution in [0, 0.1) is 0 Å². The molecule has 6 heteroatoms. The smallest absolute Gasteiger partial charge is 0.270 e. The van der Waals surface area contributed by atoms with Crippen LogP contribution in [0.4, 0.5) is 5.69 Å². The van der Waals surface area contributed by atoms with E-state index in [-0.39, 0.29) is 11.1 Å². The third kappa shape index (κ3) is 3.80. The Bertz CT molecular complexity index is 1310. The molecule has 0 radical (unpaired) electrons. The molecule has 1 aliphatic rings. The highest BCUT2D eigenvalue weighted by Gasteiger charge is 2.18. The molecule has 1 N–H and O–H groups in total. The van der Waals surface area contributed by atoms with Crippen LogP contribution in [0.3, 0.4) is 0 Å². The van der Waals surface area contributed by atoms with E-state index in [2.05, 4.69) is 51.6 Å². The first kappa shape index (κ1) is 19.1. The number of anilines is 1. The maximum absolute atomic E-state index is 12.5. The summed E-state index contributed by atoms with van der Waals surface area (Å²) in [5.41, 5.74) is 5.10. The molecule has 2 aromatic carbocycles. The average Bonchev–Trinajstić information content (AvgIpc) is 3.22. The van der Waals surface area contributed by atoms with E-state index in [0.29, 0.717) is 12.2 Å². The second-order valence-corrected chi connectivity index (χ2v) is 7.71. The van der Waals surface area contributed by atoms with Crippen LogP contribution in [-0.2, 0) is 19.5 Å². The summed E-state index contributed by atoms with van der Waals surface area (Å²) in [6.07, 6.45) is 4.03. The first-order valence-corrected chi connectivity index (χ1v) is 10.3. The number of para-hydroxylation sites is 1. The number of amides is 1. The Morgan fingerprint density at radius 2 is 1.74 bits per heavy atom. The van der Waals surface area contributed by atoms with Gasteiger partial charge in [-0.1, -0.05) is 48.5 Å². The quantitative estimate of drug-likeness (QED) is 0.549. The van der Waals surface area contributed by atoms with Gasteiger partial charge in [0.1, 0.15) is 11.2 Å². The number of hydrogen-bond acceptors (Lipinski definition) is 4. The standard InChI is InChI=1S/C25H22N4O2/c30-24(21-16-26-23-7-3-4-13-29(23)25(21)31)27-15-18-8-10-19(11-9-18)17-28-14-12-20-5-1-2-6-22(20)28/h1-11,13,16H,12,14-15,17H2,(H,27,30). The molecule has 5 rings (SSSR count). The summed E-state index contributed by atoms with van der Waals surface area (Å²) >= 11 is 0.